The number of hydrogen-bond donors (Lipinski definition) is 1. The Kier molecular flexibility index (Phi) is 5.39. The summed E-state index contributed by atoms with van der Waals surface area (Å²) in [4.78, 5) is 25.4. The average molecular weight is 354 g/mol. The second-order valence-electron chi connectivity index (χ2n) is 5.47. The van der Waals surface area contributed by atoms with Crippen LogP contribution in [0.4, 0.5) is 0 Å². The first-order valence-corrected chi connectivity index (χ1v) is 8.10. The van der Waals surface area contributed by atoms with Gasteiger partial charge in [0.2, 0.25) is 5.91 Å². The molecule has 2 atom stereocenters. The third kappa shape index (κ3) is 3.84. The first-order valence-electron chi connectivity index (χ1n) is 7.30. The average Bonchev–Trinajstić information content (AvgIpc) is 2.93. The van der Waals surface area contributed by atoms with Crippen LogP contribution in [-0.2, 0) is 16.0 Å². The molecule has 0 bridgehead atoms. The van der Waals surface area contributed by atoms with E-state index in [1.54, 1.807) is 4.90 Å². The Morgan fingerprint density at radius 2 is 2.24 bits per heavy atom. The van der Waals surface area contributed by atoms with Crippen molar-refractivity contribution in [3.05, 3.63) is 34.3 Å². The van der Waals surface area contributed by atoms with E-state index in [0.29, 0.717) is 25.8 Å². The smallest absolute Gasteiger partial charge is 0.326 e. The number of likely N-dealkylation sites (tertiary alicyclic amines) is 1. The van der Waals surface area contributed by atoms with Gasteiger partial charge in [-0.15, -0.1) is 0 Å². The number of amides is 1. The first kappa shape index (κ1) is 16.0. The van der Waals surface area contributed by atoms with Crippen LogP contribution in [0.25, 0.3) is 0 Å². The molecule has 1 saturated heterocycles. The molecule has 1 aromatic rings. The second kappa shape index (κ2) is 7.07. The summed E-state index contributed by atoms with van der Waals surface area (Å²) in [5.41, 5.74) is 1.09. The normalized spacial score (nSPS) is 19.5. The molecule has 1 aliphatic heterocycles. The maximum Gasteiger partial charge on any atom is 0.326 e. The van der Waals surface area contributed by atoms with E-state index < -0.39 is 12.0 Å². The minimum Gasteiger partial charge on any atom is -0.480 e. The Bertz CT molecular complexity index is 532. The van der Waals surface area contributed by atoms with Gasteiger partial charge in [0.25, 0.3) is 0 Å². The number of carbonyl (C=O) groups excluding carboxylic acids is 1. The van der Waals surface area contributed by atoms with Crippen LogP contribution in [0.2, 0.25) is 0 Å². The van der Waals surface area contributed by atoms with Crippen LogP contribution in [-0.4, -0.2) is 34.5 Å². The van der Waals surface area contributed by atoms with Gasteiger partial charge >= 0.3 is 5.97 Å². The minimum absolute atomic E-state index is 0.0256. The van der Waals surface area contributed by atoms with E-state index in [1.807, 2.05) is 31.2 Å². The Balaban J connectivity index is 2.10. The highest BCUT2D eigenvalue weighted by molar-refractivity contribution is 9.10. The lowest BCUT2D eigenvalue weighted by molar-refractivity contribution is -0.150. The fourth-order valence-electron chi connectivity index (χ4n) is 2.88. The van der Waals surface area contributed by atoms with Crippen molar-refractivity contribution in [2.45, 2.75) is 38.6 Å². The van der Waals surface area contributed by atoms with Crippen molar-refractivity contribution in [2.24, 2.45) is 5.92 Å². The highest BCUT2D eigenvalue weighted by Crippen LogP contribution is 2.24. The van der Waals surface area contributed by atoms with Crippen LogP contribution in [0.1, 0.15) is 31.7 Å². The molecule has 114 valence electrons. The molecule has 4 nitrogen and oxygen atoms in total. The zero-order chi connectivity index (χ0) is 15.4. The van der Waals surface area contributed by atoms with Crippen LogP contribution < -0.4 is 0 Å². The number of aliphatic carboxylic acids is 1. The molecule has 2 rings (SSSR count). The van der Waals surface area contributed by atoms with E-state index in [9.17, 15) is 14.7 Å². The molecule has 1 unspecified atom stereocenters. The highest BCUT2D eigenvalue weighted by atomic mass is 79.9. The molecule has 1 aliphatic rings. The fourth-order valence-corrected chi connectivity index (χ4v) is 3.32. The first-order chi connectivity index (χ1) is 10.0. The topological polar surface area (TPSA) is 57.6 Å². The fraction of sp³-hybridized carbons (Fsp3) is 0.500. The Morgan fingerprint density at radius 3 is 2.86 bits per heavy atom. The molecule has 1 fully saturated rings. The summed E-state index contributed by atoms with van der Waals surface area (Å²) < 4.78 is 0.992. The zero-order valence-electron chi connectivity index (χ0n) is 12.1. The SMILES string of the molecule is CCC(Cc1cccc(Br)c1)C(=O)N1CCC[C@@H]1C(=O)O. The summed E-state index contributed by atoms with van der Waals surface area (Å²) in [6.45, 7) is 2.54. The minimum atomic E-state index is -0.891. The van der Waals surface area contributed by atoms with Gasteiger partial charge in [-0.2, -0.15) is 0 Å². The summed E-state index contributed by atoms with van der Waals surface area (Å²) in [5.74, 6) is -1.07. The van der Waals surface area contributed by atoms with Crippen molar-refractivity contribution >= 4 is 27.8 Å². The molecule has 5 heteroatoms. The molecule has 21 heavy (non-hydrogen) atoms. The summed E-state index contributed by atoms with van der Waals surface area (Å²) >= 11 is 3.43. The zero-order valence-corrected chi connectivity index (χ0v) is 13.7. The van der Waals surface area contributed by atoms with Gasteiger partial charge in [-0.25, -0.2) is 4.79 Å². The summed E-state index contributed by atoms with van der Waals surface area (Å²) in [5, 5.41) is 9.21. The number of carbonyl (C=O) groups is 2. The molecule has 0 radical (unpaired) electrons. The summed E-state index contributed by atoms with van der Waals surface area (Å²) in [7, 11) is 0. The number of halogens is 1. The van der Waals surface area contributed by atoms with Crippen molar-refractivity contribution < 1.29 is 14.7 Å². The van der Waals surface area contributed by atoms with Gasteiger partial charge in [-0.05, 0) is 43.4 Å². The van der Waals surface area contributed by atoms with Crippen molar-refractivity contribution in [1.82, 2.24) is 4.90 Å². The quantitative estimate of drug-likeness (QED) is 0.884. The maximum atomic E-state index is 12.6. The van der Waals surface area contributed by atoms with Crippen molar-refractivity contribution in [3.63, 3.8) is 0 Å². The molecule has 0 aromatic heterocycles. The van der Waals surface area contributed by atoms with Gasteiger partial charge in [0.1, 0.15) is 6.04 Å². The summed E-state index contributed by atoms with van der Waals surface area (Å²) in [6.07, 6.45) is 2.70. The van der Waals surface area contributed by atoms with E-state index in [1.165, 1.54) is 0 Å². The molecule has 1 N–H and O–H groups in total. The van der Waals surface area contributed by atoms with E-state index in [0.717, 1.165) is 16.5 Å². The van der Waals surface area contributed by atoms with Gasteiger partial charge in [-0.1, -0.05) is 35.0 Å². The van der Waals surface area contributed by atoms with Crippen LogP contribution in [0.3, 0.4) is 0 Å². The summed E-state index contributed by atoms with van der Waals surface area (Å²) in [6, 6.07) is 7.27. The monoisotopic (exact) mass is 353 g/mol. The molecular weight excluding hydrogens is 334 g/mol. The lowest BCUT2D eigenvalue weighted by Crippen LogP contribution is -2.43. The van der Waals surface area contributed by atoms with E-state index in [-0.39, 0.29) is 11.8 Å². The standard InChI is InChI=1S/C16H20BrNO3/c1-2-12(9-11-5-3-6-13(17)10-11)15(19)18-8-4-7-14(18)16(20)21/h3,5-6,10,12,14H,2,4,7-9H2,1H3,(H,20,21)/t12?,14-/m1/s1. The van der Waals surface area contributed by atoms with Gasteiger partial charge in [-0.3, -0.25) is 4.79 Å². The number of rotatable bonds is 5. The predicted molar refractivity (Wildman–Crippen MR) is 84.0 cm³/mol. The molecule has 0 aliphatic carbocycles. The van der Waals surface area contributed by atoms with Crippen molar-refractivity contribution in [3.8, 4) is 0 Å². The Labute approximate surface area is 133 Å². The molecule has 1 heterocycles. The van der Waals surface area contributed by atoms with E-state index in [2.05, 4.69) is 15.9 Å². The van der Waals surface area contributed by atoms with Gasteiger partial charge in [0.15, 0.2) is 0 Å². The number of nitrogens with zero attached hydrogens (tertiary/aromatic N) is 1. The van der Waals surface area contributed by atoms with Gasteiger partial charge in [0.05, 0.1) is 0 Å². The van der Waals surface area contributed by atoms with E-state index in [4.69, 9.17) is 0 Å². The lowest BCUT2D eigenvalue weighted by atomic mass is 9.95. The third-order valence-corrected chi connectivity index (χ3v) is 4.53. The van der Waals surface area contributed by atoms with Crippen LogP contribution in [0.15, 0.2) is 28.7 Å². The largest absolute Gasteiger partial charge is 0.480 e. The van der Waals surface area contributed by atoms with Gasteiger partial charge < -0.3 is 10.0 Å². The number of carboxylic acids is 1. The second-order valence-corrected chi connectivity index (χ2v) is 6.38. The molecule has 0 saturated carbocycles. The highest BCUT2D eigenvalue weighted by Gasteiger charge is 2.36. The third-order valence-electron chi connectivity index (χ3n) is 4.03. The van der Waals surface area contributed by atoms with Crippen LogP contribution in [0.5, 0.6) is 0 Å². The Morgan fingerprint density at radius 1 is 1.48 bits per heavy atom. The number of benzene rings is 1. The number of carboxylic acid groups (broad SMARTS) is 1. The maximum absolute atomic E-state index is 12.6. The van der Waals surface area contributed by atoms with Crippen molar-refractivity contribution in [1.29, 1.82) is 0 Å². The van der Waals surface area contributed by atoms with E-state index >= 15 is 0 Å². The predicted octanol–water partition coefficient (Wildman–Crippen LogP) is 3.09. The molecule has 0 spiro atoms. The Hall–Kier alpha value is -1.36. The van der Waals surface area contributed by atoms with Crippen LogP contribution in [0, 0.1) is 5.92 Å². The lowest BCUT2D eigenvalue weighted by Gasteiger charge is -2.26. The molecule has 1 amide bonds. The number of hydrogen-bond acceptors (Lipinski definition) is 2. The molecular formula is C16H20BrNO3. The molecule has 1 aromatic carbocycles. The van der Waals surface area contributed by atoms with Gasteiger partial charge in [0, 0.05) is 16.9 Å². The van der Waals surface area contributed by atoms with Crippen molar-refractivity contribution in [2.75, 3.05) is 6.54 Å². The van der Waals surface area contributed by atoms with Crippen LogP contribution >= 0.6 is 15.9 Å².